The topological polar surface area (TPSA) is 427 Å². The van der Waals surface area contributed by atoms with Crippen LogP contribution in [0.1, 0.15) is 276 Å². The summed E-state index contributed by atoms with van der Waals surface area (Å²) in [5.41, 5.74) is 8.44. The van der Waals surface area contributed by atoms with Gasteiger partial charge in [-0.05, 0) is 233 Å². The summed E-state index contributed by atoms with van der Waals surface area (Å²) >= 11 is 4.89. The first kappa shape index (κ1) is 99.8. The minimum Gasteiger partial charge on any atom is -0.391 e. The molecule has 10 atom stereocenters. The van der Waals surface area contributed by atoms with Gasteiger partial charge < -0.3 is 76.7 Å². The number of amides is 8. The standard InChI is InChI=1S/C25H33N5O3S.C24H34N6O4S2.2C23H31N5O3S/c1-5-16(3)27-19-9-15(2)18(10-26-19)21-20(23(31)30-8-6-7-17(30)4)28-22(34-21)24(32)29-11-25(12-29)13-33-14-25;1-6-15(3)26-19-10-14(2)18(11-25-19)21-20(24(32)30-9-7-8-16(30)4)28-23(35-21)22(31)27-17-12-29(13-17)36(5,33)34;2*1-12(2)25-18-10-13(3)15(11-24-18)20-19(23(31)28-9-5-6-14(28)4)27-22(32-20)21(30)26-16-7-8-17(16)29/h9-10,16-17H,5-8,11-14H2,1-4H3,(H,26,27);10-11,15-17H,6-9,12-13H2,1-5H3,(H,25,26)(H,27,31);2*10-12,14,16-17,29H,5-9H2,1-4H3,(H,24,25)(H,26,30)/t16-,17+;15-,16+;14-,16+,17+;14-,16-,17-/m1100/s1. The molecule has 1 spiro atoms. The van der Waals surface area contributed by atoms with Gasteiger partial charge in [0.15, 0.2) is 20.0 Å². The highest BCUT2D eigenvalue weighted by atomic mass is 32.2. The Labute approximate surface area is 800 Å². The van der Waals surface area contributed by atoms with Crippen LogP contribution in [0, 0.1) is 33.1 Å². The normalized spacial score (nSPS) is 21.7. The molecule has 2 aliphatic carbocycles. The molecule has 2 saturated carbocycles. The molecule has 134 heavy (non-hydrogen) atoms. The Morgan fingerprint density at radius 2 is 0.739 bits per heavy atom. The van der Waals surface area contributed by atoms with E-state index in [4.69, 9.17) is 4.74 Å². The molecule has 17 rings (SSSR count). The Bertz CT molecular complexity index is 5620. The Morgan fingerprint density at radius 3 is 0.985 bits per heavy atom. The number of carbonyl (C=O) groups excluding carboxylic acids is 8. The largest absolute Gasteiger partial charge is 0.391 e. The third-order valence-electron chi connectivity index (χ3n) is 26.6. The van der Waals surface area contributed by atoms with E-state index >= 15 is 0 Å². The maximum atomic E-state index is 13.6. The number of anilines is 4. The van der Waals surface area contributed by atoms with Crippen molar-refractivity contribution in [1.82, 2.24) is 84.6 Å². The van der Waals surface area contributed by atoms with Gasteiger partial charge in [-0.3, -0.25) is 38.4 Å². The zero-order chi connectivity index (χ0) is 96.2. The average molecular weight is 1930 g/mol. The molecule has 9 N–H and O–H groups in total. The zero-order valence-corrected chi connectivity index (χ0v) is 83.9. The number of carbonyl (C=O) groups is 8. The second kappa shape index (κ2) is 42.6. The second-order valence-corrected chi connectivity index (χ2v) is 44.1. The maximum absolute atomic E-state index is 13.6. The van der Waals surface area contributed by atoms with Gasteiger partial charge in [-0.1, -0.05) is 13.8 Å². The first-order valence-electron chi connectivity index (χ1n) is 47.1. The molecule has 7 saturated heterocycles. The van der Waals surface area contributed by atoms with E-state index < -0.39 is 28.1 Å². The summed E-state index contributed by atoms with van der Waals surface area (Å²) in [6.45, 7) is 38.8. The maximum Gasteiger partial charge on any atom is 0.282 e. The van der Waals surface area contributed by atoms with Gasteiger partial charge in [0.25, 0.3) is 47.3 Å². The third kappa shape index (κ3) is 22.7. The van der Waals surface area contributed by atoms with Gasteiger partial charge in [-0.15, -0.1) is 45.3 Å². The number of rotatable bonds is 26. The summed E-state index contributed by atoms with van der Waals surface area (Å²) in [5, 5.41) is 42.5. The number of sulfonamides is 1. The molecule has 0 radical (unpaired) electrons. The van der Waals surface area contributed by atoms with Crippen molar-refractivity contribution in [3.05, 3.63) is 114 Å². The van der Waals surface area contributed by atoms with E-state index in [1.165, 1.54) is 49.7 Å². The fourth-order valence-corrected chi connectivity index (χ4v) is 22.8. The van der Waals surface area contributed by atoms with E-state index in [9.17, 15) is 57.0 Å². The number of thiazole rings is 4. The molecule has 9 fully saturated rings. The van der Waals surface area contributed by atoms with Crippen LogP contribution in [-0.4, -0.2) is 285 Å². The smallest absolute Gasteiger partial charge is 0.282 e. The Morgan fingerprint density at radius 1 is 0.440 bits per heavy atom. The summed E-state index contributed by atoms with van der Waals surface area (Å²) < 4.78 is 29.9. The lowest BCUT2D eigenvalue weighted by molar-refractivity contribution is -0.176. The van der Waals surface area contributed by atoms with E-state index in [0.29, 0.717) is 88.3 Å². The summed E-state index contributed by atoms with van der Waals surface area (Å²) in [7, 11) is -3.28. The number of aliphatic hydroxyl groups is 2. The molecule has 34 nitrogen and oxygen atoms in total. The molecular weight excluding hydrogens is 1800 g/mol. The molecule has 8 amide bonds. The van der Waals surface area contributed by atoms with Gasteiger partial charge in [0.05, 0.1) is 74.7 Å². The Kier molecular flexibility index (Phi) is 31.8. The van der Waals surface area contributed by atoms with Crippen molar-refractivity contribution in [2.24, 2.45) is 5.41 Å². The van der Waals surface area contributed by atoms with E-state index in [2.05, 4.69) is 112 Å². The van der Waals surface area contributed by atoms with Crippen LogP contribution in [-0.2, 0) is 14.8 Å². The molecule has 0 bridgehead atoms. The SMILES string of the molecule is CC[C@@H](C)Nc1cc(C)c(-c2sc(C(=O)N3CC4(COC4)C3)nc2C(=O)N2CCC[C@@H]2C)cn1.CC[C@@H](C)Nc1cc(C)c(-c2sc(C(=O)NC3CN(S(C)(=O)=O)C3)nc2C(=O)N2CCC[C@@H]2C)cn1.Cc1cc(NC(C)C)ncc1-c1sc(C(=O)N[C@@H]2CC[C@H]2O)nc1C(=O)N1CCC[C@@H]1C.Cc1cc(NC(C)C)ncc1-c1sc(C(=O)N[C@H]2CC[C@@H]2O)nc1C(=O)N1CCC[C@@H]1C. The van der Waals surface area contributed by atoms with Crippen LogP contribution in [0.4, 0.5) is 23.3 Å². The molecule has 9 aliphatic rings. The van der Waals surface area contributed by atoms with Gasteiger partial charge in [0, 0.05) is 148 Å². The van der Waals surface area contributed by atoms with Gasteiger partial charge in [0.2, 0.25) is 10.0 Å². The van der Waals surface area contributed by atoms with Crippen LogP contribution >= 0.6 is 45.3 Å². The minimum atomic E-state index is -3.28. The fraction of sp³-hybridized carbons (Fsp3) is 0.579. The first-order chi connectivity index (χ1) is 63.8. The summed E-state index contributed by atoms with van der Waals surface area (Å²) in [6, 6.07) is 8.75. The quantitative estimate of drug-likeness (QED) is 0.0243. The highest BCUT2D eigenvalue weighted by Gasteiger charge is 2.52. The van der Waals surface area contributed by atoms with Gasteiger partial charge in [0.1, 0.15) is 46.0 Å². The van der Waals surface area contributed by atoms with Crippen LogP contribution in [0.2, 0.25) is 0 Å². The summed E-state index contributed by atoms with van der Waals surface area (Å²) in [5.74, 6) is 1.33. The van der Waals surface area contributed by atoms with Crippen LogP contribution < -0.4 is 37.2 Å². The van der Waals surface area contributed by atoms with Gasteiger partial charge in [-0.2, -0.15) is 4.31 Å². The van der Waals surface area contributed by atoms with Crippen molar-refractivity contribution >= 4 is 126 Å². The number of hydrogen-bond donors (Lipinski definition) is 9. The van der Waals surface area contributed by atoms with Crippen molar-refractivity contribution in [3.63, 3.8) is 0 Å². The molecule has 8 aromatic rings. The number of aryl methyl sites for hydroxylation is 4. The Balaban J connectivity index is 0.000000143. The predicted molar refractivity (Wildman–Crippen MR) is 523 cm³/mol. The molecule has 722 valence electrons. The van der Waals surface area contributed by atoms with Crippen molar-refractivity contribution < 1.29 is 61.7 Å². The minimum absolute atomic E-state index is 0.0935. The van der Waals surface area contributed by atoms with Crippen LogP contribution in [0.5, 0.6) is 0 Å². The number of aromatic nitrogens is 8. The summed E-state index contributed by atoms with van der Waals surface area (Å²) in [6.07, 6.45) is 19.7. The molecule has 39 heteroatoms. The fourth-order valence-electron chi connectivity index (χ4n) is 17.7. The number of ether oxygens (including phenoxy) is 1. The predicted octanol–water partition coefficient (Wildman–Crippen LogP) is 13.0. The number of hydrogen-bond acceptors (Lipinski definition) is 29. The number of nitrogens with zero attached hydrogens (tertiary/aromatic N) is 14. The molecule has 8 aromatic heterocycles. The summed E-state index contributed by atoms with van der Waals surface area (Å²) in [4.78, 5) is 154. The van der Waals surface area contributed by atoms with Crippen molar-refractivity contribution in [2.45, 2.75) is 279 Å². The van der Waals surface area contributed by atoms with Gasteiger partial charge in [-0.25, -0.2) is 48.3 Å². The van der Waals surface area contributed by atoms with Crippen molar-refractivity contribution in [3.8, 4) is 41.8 Å². The molecule has 0 unspecified atom stereocenters. The van der Waals surface area contributed by atoms with Gasteiger partial charge >= 0.3 is 0 Å². The van der Waals surface area contributed by atoms with E-state index in [1.54, 1.807) is 24.8 Å². The molecular formula is C95H129N21O13S5. The lowest BCUT2D eigenvalue weighted by Crippen LogP contribution is -2.67. The van der Waals surface area contributed by atoms with Crippen LogP contribution in [0.3, 0.4) is 0 Å². The molecule has 7 aliphatic heterocycles. The van der Waals surface area contributed by atoms with E-state index in [0.717, 1.165) is 176 Å². The Hall–Kier alpha value is -10.1. The highest BCUT2D eigenvalue weighted by Crippen LogP contribution is 2.44. The number of aliphatic hydroxyl groups excluding tert-OH is 2. The van der Waals surface area contributed by atoms with Crippen LogP contribution in [0.25, 0.3) is 41.8 Å². The average Bonchev–Trinajstić information content (AvgIpc) is 1.46. The van der Waals surface area contributed by atoms with E-state index in [1.807, 2.05) is 125 Å². The first-order valence-corrected chi connectivity index (χ1v) is 52.2. The van der Waals surface area contributed by atoms with Crippen LogP contribution in [0.15, 0.2) is 49.1 Å². The van der Waals surface area contributed by atoms with E-state index in [-0.39, 0.29) is 141 Å². The zero-order valence-electron chi connectivity index (χ0n) is 79.8. The second-order valence-electron chi connectivity index (χ2n) is 38.1. The lowest BCUT2D eigenvalue weighted by atomic mass is 9.78. The van der Waals surface area contributed by atoms with Crippen molar-refractivity contribution in [2.75, 3.05) is 93.1 Å². The number of pyridine rings is 4. The monoisotopic (exact) mass is 1930 g/mol. The lowest BCUT2D eigenvalue weighted by Gasteiger charge is -2.54. The third-order valence-corrected chi connectivity index (χ3v) is 32.1. The highest BCUT2D eigenvalue weighted by molar-refractivity contribution is 7.88. The number of nitrogens with one attached hydrogen (secondary N) is 7. The molecule has 0 aromatic carbocycles. The number of likely N-dealkylation sites (tertiary alicyclic amines) is 5. The van der Waals surface area contributed by atoms with Crippen molar-refractivity contribution in [1.29, 1.82) is 0 Å². The molecule has 15 heterocycles.